The van der Waals surface area contributed by atoms with Crippen molar-refractivity contribution < 1.29 is 19.1 Å². The van der Waals surface area contributed by atoms with E-state index in [0.717, 1.165) is 49.1 Å². The number of nitrogens with zero attached hydrogens (tertiary/aromatic N) is 1. The number of carbonyl (C=O) groups excluding carboxylic acids is 2. The average molecular weight is 345 g/mol. The molecule has 0 N–H and O–H groups in total. The van der Waals surface area contributed by atoms with Crippen LogP contribution >= 0.6 is 0 Å². The zero-order valence-electron chi connectivity index (χ0n) is 15.1. The largest absolute Gasteiger partial charge is 0.497 e. The molecule has 3 rings (SSSR count). The molecule has 0 aliphatic carbocycles. The van der Waals surface area contributed by atoms with Crippen molar-refractivity contribution >= 4 is 11.7 Å². The van der Waals surface area contributed by atoms with E-state index in [2.05, 4.69) is 0 Å². The van der Waals surface area contributed by atoms with Gasteiger partial charge in [0.15, 0.2) is 5.78 Å². The summed E-state index contributed by atoms with van der Waals surface area (Å²) in [6.07, 6.45) is 3.33. The van der Waals surface area contributed by atoms with Gasteiger partial charge in [-0.1, -0.05) is 0 Å². The van der Waals surface area contributed by atoms with Crippen molar-refractivity contribution in [2.45, 2.75) is 32.6 Å². The number of rotatable bonds is 4. The molecule has 2 aliphatic heterocycles. The Morgan fingerprint density at radius 3 is 2.60 bits per heavy atom. The summed E-state index contributed by atoms with van der Waals surface area (Å²) < 4.78 is 10.6. The third-order valence-corrected chi connectivity index (χ3v) is 5.37. The molecule has 1 amide bonds. The number of Topliss-reactive ketones (excluding diaryl/α,β-unsaturated/α-hetero) is 1. The van der Waals surface area contributed by atoms with Crippen molar-refractivity contribution in [3.63, 3.8) is 0 Å². The highest BCUT2D eigenvalue weighted by molar-refractivity contribution is 5.99. The molecule has 5 nitrogen and oxygen atoms in total. The third kappa shape index (κ3) is 4.03. The maximum atomic E-state index is 13.0. The second kappa shape index (κ2) is 8.00. The first-order valence-electron chi connectivity index (χ1n) is 9.15. The molecule has 1 aromatic carbocycles. The second-order valence-electron chi connectivity index (χ2n) is 7.06. The van der Waals surface area contributed by atoms with Crippen LogP contribution in [0, 0.1) is 18.8 Å². The van der Waals surface area contributed by atoms with Crippen molar-refractivity contribution in [1.29, 1.82) is 0 Å². The molecule has 25 heavy (non-hydrogen) atoms. The fourth-order valence-corrected chi connectivity index (χ4v) is 3.85. The van der Waals surface area contributed by atoms with E-state index >= 15 is 0 Å². The monoisotopic (exact) mass is 345 g/mol. The number of ketones is 1. The molecule has 1 unspecified atom stereocenters. The number of benzene rings is 1. The molecule has 2 fully saturated rings. The Kier molecular flexibility index (Phi) is 5.74. The number of methoxy groups -OCH3 is 1. The number of piperidine rings is 1. The SMILES string of the molecule is COc1ccc(C(=O)C2CCCN(C(=O)C3CCOCC3)C2)c(C)c1. The summed E-state index contributed by atoms with van der Waals surface area (Å²) in [5, 5.41) is 0. The number of carbonyl (C=O) groups is 2. The van der Waals surface area contributed by atoms with Gasteiger partial charge in [-0.3, -0.25) is 9.59 Å². The van der Waals surface area contributed by atoms with Crippen molar-refractivity contribution in [2.75, 3.05) is 33.4 Å². The van der Waals surface area contributed by atoms with Crippen LogP contribution in [0.4, 0.5) is 0 Å². The Labute approximate surface area is 149 Å². The first-order chi connectivity index (χ1) is 12.1. The molecule has 5 heteroatoms. The number of aryl methyl sites for hydroxylation is 1. The zero-order valence-corrected chi connectivity index (χ0v) is 15.1. The van der Waals surface area contributed by atoms with Gasteiger partial charge in [-0.2, -0.15) is 0 Å². The van der Waals surface area contributed by atoms with Gasteiger partial charge in [-0.15, -0.1) is 0 Å². The van der Waals surface area contributed by atoms with Crippen molar-refractivity contribution in [3.05, 3.63) is 29.3 Å². The van der Waals surface area contributed by atoms with E-state index in [-0.39, 0.29) is 23.5 Å². The van der Waals surface area contributed by atoms with Gasteiger partial charge in [0.25, 0.3) is 0 Å². The highest BCUT2D eigenvalue weighted by atomic mass is 16.5. The molecule has 2 heterocycles. The van der Waals surface area contributed by atoms with E-state index < -0.39 is 0 Å². The van der Waals surface area contributed by atoms with Gasteiger partial charge in [-0.05, 0) is 56.4 Å². The molecular weight excluding hydrogens is 318 g/mol. The summed E-state index contributed by atoms with van der Waals surface area (Å²) >= 11 is 0. The van der Waals surface area contributed by atoms with E-state index in [1.165, 1.54) is 0 Å². The topological polar surface area (TPSA) is 55.8 Å². The summed E-state index contributed by atoms with van der Waals surface area (Å²) in [7, 11) is 1.62. The molecule has 0 spiro atoms. The minimum atomic E-state index is -0.107. The lowest BCUT2D eigenvalue weighted by Crippen LogP contribution is -2.46. The van der Waals surface area contributed by atoms with Crippen molar-refractivity contribution in [1.82, 2.24) is 4.90 Å². The molecule has 0 bridgehead atoms. The summed E-state index contributed by atoms with van der Waals surface area (Å²) in [5.41, 5.74) is 1.67. The van der Waals surface area contributed by atoms with E-state index in [1.807, 2.05) is 30.0 Å². The molecular formula is C20H27NO4. The summed E-state index contributed by atoms with van der Waals surface area (Å²) in [4.78, 5) is 27.6. The minimum absolute atomic E-state index is 0.0605. The molecule has 0 aromatic heterocycles. The quantitative estimate of drug-likeness (QED) is 0.788. The van der Waals surface area contributed by atoms with Crippen LogP contribution in [0.15, 0.2) is 18.2 Å². The smallest absolute Gasteiger partial charge is 0.225 e. The number of likely N-dealkylation sites (tertiary alicyclic amines) is 1. The van der Waals surface area contributed by atoms with Gasteiger partial charge in [0.2, 0.25) is 5.91 Å². The van der Waals surface area contributed by atoms with Crippen molar-refractivity contribution in [2.24, 2.45) is 11.8 Å². The van der Waals surface area contributed by atoms with E-state index in [4.69, 9.17) is 9.47 Å². The first kappa shape index (κ1) is 17.9. The maximum absolute atomic E-state index is 13.0. The molecule has 0 saturated carbocycles. The Balaban J connectivity index is 1.68. The van der Waals surface area contributed by atoms with Gasteiger partial charge >= 0.3 is 0 Å². The maximum Gasteiger partial charge on any atom is 0.225 e. The highest BCUT2D eigenvalue weighted by Crippen LogP contribution is 2.27. The molecule has 1 atom stereocenters. The van der Waals surface area contributed by atoms with Crippen LogP contribution in [0.3, 0.4) is 0 Å². The van der Waals surface area contributed by atoms with E-state index in [0.29, 0.717) is 19.8 Å². The van der Waals surface area contributed by atoms with E-state index in [1.54, 1.807) is 7.11 Å². The molecule has 2 aliphatic rings. The molecule has 2 saturated heterocycles. The standard InChI is InChI=1S/C20H27NO4/c1-14-12-17(24-2)5-6-18(14)19(22)16-4-3-9-21(13-16)20(23)15-7-10-25-11-8-15/h5-6,12,15-16H,3-4,7-11,13H2,1-2H3. The first-order valence-corrected chi connectivity index (χ1v) is 9.15. The Morgan fingerprint density at radius 1 is 1.16 bits per heavy atom. The lowest BCUT2D eigenvalue weighted by molar-refractivity contribution is -0.140. The average Bonchev–Trinajstić information content (AvgIpc) is 2.67. The summed E-state index contributed by atoms with van der Waals surface area (Å²) in [5.74, 6) is 1.06. The fourth-order valence-electron chi connectivity index (χ4n) is 3.85. The molecule has 1 aromatic rings. The van der Waals surface area contributed by atoms with Crippen LogP contribution in [0.2, 0.25) is 0 Å². The Hall–Kier alpha value is -1.88. The van der Waals surface area contributed by atoms with Gasteiger partial charge in [-0.25, -0.2) is 0 Å². The minimum Gasteiger partial charge on any atom is -0.497 e. The van der Waals surface area contributed by atoms with Crippen LogP contribution in [-0.4, -0.2) is 50.0 Å². The van der Waals surface area contributed by atoms with Crippen LogP contribution in [-0.2, 0) is 9.53 Å². The van der Waals surface area contributed by atoms with Gasteiger partial charge in [0, 0.05) is 43.7 Å². The van der Waals surface area contributed by atoms with Crippen LogP contribution in [0.1, 0.15) is 41.6 Å². The van der Waals surface area contributed by atoms with Crippen molar-refractivity contribution in [3.8, 4) is 5.75 Å². The molecule has 136 valence electrons. The Bertz CT molecular complexity index is 637. The van der Waals surface area contributed by atoms with Gasteiger partial charge < -0.3 is 14.4 Å². The zero-order chi connectivity index (χ0) is 17.8. The fraction of sp³-hybridized carbons (Fsp3) is 0.600. The van der Waals surface area contributed by atoms with Crippen LogP contribution in [0.5, 0.6) is 5.75 Å². The number of amides is 1. The van der Waals surface area contributed by atoms with Crippen LogP contribution < -0.4 is 4.74 Å². The predicted octanol–water partition coefficient (Wildman–Crippen LogP) is 2.85. The summed E-state index contributed by atoms with van der Waals surface area (Å²) in [6.45, 7) is 4.57. The number of hydrogen-bond acceptors (Lipinski definition) is 4. The van der Waals surface area contributed by atoms with E-state index in [9.17, 15) is 9.59 Å². The lowest BCUT2D eigenvalue weighted by Gasteiger charge is -2.35. The molecule has 0 radical (unpaired) electrons. The normalized spacial score (nSPS) is 21.8. The third-order valence-electron chi connectivity index (χ3n) is 5.37. The number of ether oxygens (including phenoxy) is 2. The number of hydrogen-bond donors (Lipinski definition) is 0. The lowest BCUT2D eigenvalue weighted by atomic mass is 9.87. The summed E-state index contributed by atoms with van der Waals surface area (Å²) in [6, 6.07) is 5.56. The van der Waals surface area contributed by atoms with Gasteiger partial charge in [0.05, 0.1) is 7.11 Å². The predicted molar refractivity (Wildman–Crippen MR) is 94.9 cm³/mol. The van der Waals surface area contributed by atoms with Gasteiger partial charge in [0.1, 0.15) is 5.75 Å². The highest BCUT2D eigenvalue weighted by Gasteiger charge is 2.33. The second-order valence-corrected chi connectivity index (χ2v) is 7.06. The van der Waals surface area contributed by atoms with Crippen LogP contribution in [0.25, 0.3) is 0 Å². The Morgan fingerprint density at radius 2 is 1.92 bits per heavy atom.